The molecule has 2 heterocycles. The normalized spacial score (nSPS) is 14.3. The molecule has 0 atom stereocenters. The molecule has 2 heteroatoms. The number of nitrogens with zero attached hydrogens (tertiary/aromatic N) is 1. The van der Waals surface area contributed by atoms with Gasteiger partial charge in [-0.15, -0.1) is 11.3 Å². The van der Waals surface area contributed by atoms with Crippen LogP contribution in [0.15, 0.2) is 224 Å². The van der Waals surface area contributed by atoms with Crippen molar-refractivity contribution in [2.24, 2.45) is 0 Å². The molecule has 1 nitrogen and oxygen atoms in total. The molecule has 0 bridgehead atoms. The second-order valence-corrected chi connectivity index (χ2v) is 18.3. The highest BCUT2D eigenvalue weighted by molar-refractivity contribution is 7.25. The van der Waals surface area contributed by atoms with Gasteiger partial charge in [-0.3, -0.25) is 0 Å². The summed E-state index contributed by atoms with van der Waals surface area (Å²) in [6.07, 6.45) is 0. The number of pyridine rings is 1. The number of rotatable bonds is 3. The van der Waals surface area contributed by atoms with Crippen molar-refractivity contribution in [3.05, 3.63) is 269 Å². The SMILES string of the molecule is c1ccc(-c2cc(-c3cccc4c3C3(c5cc6c(cc5-4)sc4ccccc46)c4ccccc4C4(c5ccccc5-c5ccccc54)c4ccccc43)cc(-c3ccccc3)n2)cc1. The van der Waals surface area contributed by atoms with Crippen molar-refractivity contribution >= 4 is 31.5 Å². The molecule has 0 saturated heterocycles. The van der Waals surface area contributed by atoms with Gasteiger partial charge in [0.1, 0.15) is 0 Å². The van der Waals surface area contributed by atoms with Crippen LogP contribution in [0.5, 0.6) is 0 Å². The minimum Gasteiger partial charge on any atom is -0.248 e. The van der Waals surface area contributed by atoms with Crippen LogP contribution < -0.4 is 0 Å². The lowest BCUT2D eigenvalue weighted by atomic mass is 9.52. The Morgan fingerprint density at radius 3 is 1.37 bits per heavy atom. The summed E-state index contributed by atoms with van der Waals surface area (Å²) in [5, 5.41) is 2.63. The molecule has 3 aliphatic rings. The minimum absolute atomic E-state index is 0.514. The zero-order chi connectivity index (χ0) is 41.3. The maximum Gasteiger partial charge on any atom is 0.0726 e. The standard InChI is InChI=1S/C61H37NS/c1-3-18-38(19-4-1)55-34-40(35-56(62-55)39-20-5-2-6-21-39)41-25-17-26-45-46-37-58-47(44-24-9-16-33-57(44)63-58)36-54(46)61(59(41)45)52-31-14-12-29-50(52)60(51-30-13-15-32-53(51)61)48-27-10-7-22-42(48)43-23-8-11-28-49(43)60/h1-37H. The Morgan fingerprint density at radius 1 is 0.286 bits per heavy atom. The Bertz CT molecular complexity index is 3540. The fourth-order valence-electron chi connectivity index (χ4n) is 12.0. The van der Waals surface area contributed by atoms with Crippen LogP contribution >= 0.6 is 11.3 Å². The molecule has 14 rings (SSSR count). The van der Waals surface area contributed by atoms with Crippen LogP contribution in [0, 0.1) is 0 Å². The van der Waals surface area contributed by atoms with Gasteiger partial charge < -0.3 is 0 Å². The van der Waals surface area contributed by atoms with Gasteiger partial charge in [-0.2, -0.15) is 0 Å². The molecular weight excluding hydrogens is 779 g/mol. The number of hydrogen-bond donors (Lipinski definition) is 0. The molecule has 2 spiro atoms. The first-order chi connectivity index (χ1) is 31.2. The Hall–Kier alpha value is -7.65. The second kappa shape index (κ2) is 12.9. The number of hydrogen-bond acceptors (Lipinski definition) is 2. The molecule has 292 valence electrons. The monoisotopic (exact) mass is 815 g/mol. The fourth-order valence-corrected chi connectivity index (χ4v) is 13.1. The van der Waals surface area contributed by atoms with Gasteiger partial charge in [0.25, 0.3) is 0 Å². The van der Waals surface area contributed by atoms with Gasteiger partial charge in [-0.05, 0) is 108 Å². The van der Waals surface area contributed by atoms with Crippen LogP contribution in [0.3, 0.4) is 0 Å². The molecule has 3 aliphatic carbocycles. The van der Waals surface area contributed by atoms with Gasteiger partial charge in [0, 0.05) is 31.3 Å². The van der Waals surface area contributed by atoms with E-state index in [1.54, 1.807) is 0 Å². The molecule has 0 amide bonds. The molecule has 0 unspecified atom stereocenters. The topological polar surface area (TPSA) is 12.9 Å². The lowest BCUT2D eigenvalue weighted by molar-refractivity contribution is 0.634. The molecule has 9 aromatic carbocycles. The van der Waals surface area contributed by atoms with Gasteiger partial charge >= 0.3 is 0 Å². The molecule has 0 radical (unpaired) electrons. The van der Waals surface area contributed by atoms with E-state index in [9.17, 15) is 0 Å². The summed E-state index contributed by atoms with van der Waals surface area (Å²) < 4.78 is 2.64. The molecule has 63 heavy (non-hydrogen) atoms. The van der Waals surface area contributed by atoms with E-state index in [0.29, 0.717) is 0 Å². The predicted octanol–water partition coefficient (Wildman–Crippen LogP) is 15.5. The highest BCUT2D eigenvalue weighted by atomic mass is 32.1. The number of thiophene rings is 1. The quantitative estimate of drug-likeness (QED) is 0.173. The molecule has 0 fully saturated rings. The van der Waals surface area contributed by atoms with Crippen molar-refractivity contribution < 1.29 is 0 Å². The van der Waals surface area contributed by atoms with E-state index in [1.807, 2.05) is 11.3 Å². The summed E-state index contributed by atoms with van der Waals surface area (Å²) in [6.45, 7) is 0. The lowest BCUT2D eigenvalue weighted by Crippen LogP contribution is -2.44. The summed E-state index contributed by atoms with van der Waals surface area (Å²) in [7, 11) is 0. The Morgan fingerprint density at radius 2 is 0.762 bits per heavy atom. The van der Waals surface area contributed by atoms with Crippen LogP contribution in [0.1, 0.15) is 44.5 Å². The van der Waals surface area contributed by atoms with Crippen molar-refractivity contribution in [2.75, 3.05) is 0 Å². The van der Waals surface area contributed by atoms with Crippen molar-refractivity contribution in [1.82, 2.24) is 4.98 Å². The number of benzene rings is 9. The van der Waals surface area contributed by atoms with Crippen molar-refractivity contribution in [3.8, 4) is 55.9 Å². The largest absolute Gasteiger partial charge is 0.248 e. The van der Waals surface area contributed by atoms with Gasteiger partial charge in [0.05, 0.1) is 22.2 Å². The fraction of sp³-hybridized carbons (Fsp3) is 0.0328. The molecule has 0 aliphatic heterocycles. The lowest BCUT2D eigenvalue weighted by Gasteiger charge is -2.49. The third kappa shape index (κ3) is 4.53. The summed E-state index contributed by atoms with van der Waals surface area (Å²) in [6, 6.07) is 84.2. The highest BCUT2D eigenvalue weighted by Gasteiger charge is 2.59. The Balaban J connectivity index is 1.16. The Kier molecular flexibility index (Phi) is 7.19. The van der Waals surface area contributed by atoms with Crippen LogP contribution in [-0.2, 0) is 10.8 Å². The molecule has 11 aromatic rings. The van der Waals surface area contributed by atoms with Crippen LogP contribution in [0.25, 0.3) is 76.1 Å². The zero-order valence-electron chi connectivity index (χ0n) is 34.2. The summed E-state index contributed by atoms with van der Waals surface area (Å²) in [5.41, 5.74) is 21.3. The Labute approximate surface area is 370 Å². The molecule has 0 N–H and O–H groups in total. The van der Waals surface area contributed by atoms with Crippen LogP contribution in [0.4, 0.5) is 0 Å². The van der Waals surface area contributed by atoms with E-state index in [0.717, 1.165) is 28.1 Å². The molecule has 0 saturated carbocycles. The van der Waals surface area contributed by atoms with Crippen molar-refractivity contribution in [1.29, 1.82) is 0 Å². The maximum atomic E-state index is 5.36. The first-order valence-electron chi connectivity index (χ1n) is 21.9. The maximum absolute atomic E-state index is 5.36. The smallest absolute Gasteiger partial charge is 0.0726 e. The van der Waals surface area contributed by atoms with Gasteiger partial charge in [0.2, 0.25) is 0 Å². The predicted molar refractivity (Wildman–Crippen MR) is 262 cm³/mol. The first-order valence-corrected chi connectivity index (χ1v) is 22.7. The van der Waals surface area contributed by atoms with Crippen LogP contribution in [-0.4, -0.2) is 4.98 Å². The van der Waals surface area contributed by atoms with Crippen molar-refractivity contribution in [2.45, 2.75) is 10.8 Å². The van der Waals surface area contributed by atoms with E-state index in [4.69, 9.17) is 4.98 Å². The zero-order valence-corrected chi connectivity index (χ0v) is 35.0. The number of aromatic nitrogens is 1. The highest BCUT2D eigenvalue weighted by Crippen LogP contribution is 2.69. The van der Waals surface area contributed by atoms with E-state index >= 15 is 0 Å². The minimum atomic E-state index is -0.660. The third-order valence-electron chi connectivity index (χ3n) is 14.3. The van der Waals surface area contributed by atoms with Gasteiger partial charge in [0.15, 0.2) is 0 Å². The third-order valence-corrected chi connectivity index (χ3v) is 15.5. The average molecular weight is 816 g/mol. The molecule has 2 aromatic heterocycles. The summed E-state index contributed by atoms with van der Waals surface area (Å²) >= 11 is 1.90. The van der Waals surface area contributed by atoms with E-state index in [2.05, 4.69) is 224 Å². The van der Waals surface area contributed by atoms with E-state index in [1.165, 1.54) is 92.5 Å². The second-order valence-electron chi connectivity index (χ2n) is 17.3. The first kappa shape index (κ1) is 35.0. The van der Waals surface area contributed by atoms with E-state index < -0.39 is 10.8 Å². The number of fused-ring (bicyclic) bond motifs is 19. The van der Waals surface area contributed by atoms with E-state index in [-0.39, 0.29) is 0 Å². The average Bonchev–Trinajstić information content (AvgIpc) is 3.98. The molecular formula is C61H37NS. The summed E-state index contributed by atoms with van der Waals surface area (Å²) in [5.74, 6) is 0. The van der Waals surface area contributed by atoms with Crippen molar-refractivity contribution in [3.63, 3.8) is 0 Å². The summed E-state index contributed by atoms with van der Waals surface area (Å²) in [4.78, 5) is 5.36. The van der Waals surface area contributed by atoms with Crippen LogP contribution in [0.2, 0.25) is 0 Å². The van der Waals surface area contributed by atoms with Gasteiger partial charge in [-0.25, -0.2) is 4.98 Å². The van der Waals surface area contributed by atoms with Gasteiger partial charge in [-0.1, -0.05) is 194 Å².